The first-order valence-corrected chi connectivity index (χ1v) is 11.6. The number of ether oxygens (including phenoxy) is 2. The minimum absolute atomic E-state index is 0.204. The Morgan fingerprint density at radius 3 is 2.56 bits per heavy atom. The van der Waals surface area contributed by atoms with Crippen LogP contribution >= 0.6 is 27.5 Å². The number of hydrogen-bond donors (Lipinski definition) is 2. The summed E-state index contributed by atoms with van der Waals surface area (Å²) >= 11 is 9.22. The second kappa shape index (κ2) is 12.8. The molecule has 0 aliphatic rings. The van der Waals surface area contributed by atoms with E-state index in [1.54, 1.807) is 36.4 Å². The number of carbonyl (C=O) groups is 2. The van der Waals surface area contributed by atoms with Crippen LogP contribution in [0, 0.1) is 0 Å². The Morgan fingerprint density at radius 2 is 1.82 bits per heavy atom. The number of halogens is 2. The van der Waals surface area contributed by atoms with E-state index in [9.17, 15) is 9.59 Å². The van der Waals surface area contributed by atoms with Gasteiger partial charge in [0.25, 0.3) is 11.8 Å². The second-order valence-electron chi connectivity index (χ2n) is 7.04. The first-order valence-electron chi connectivity index (χ1n) is 10.4. The maximum absolute atomic E-state index is 12.1. The summed E-state index contributed by atoms with van der Waals surface area (Å²) in [5.74, 6) is 0.352. The highest BCUT2D eigenvalue weighted by Crippen LogP contribution is 2.29. The largest absolute Gasteiger partial charge is 0.490 e. The monoisotopic (exact) mass is 543 g/mol. The van der Waals surface area contributed by atoms with E-state index in [2.05, 4.69) is 31.8 Å². The Morgan fingerprint density at radius 1 is 1.03 bits per heavy atom. The average molecular weight is 545 g/mol. The lowest BCUT2D eigenvalue weighted by molar-refractivity contribution is -0.120. The van der Waals surface area contributed by atoms with Gasteiger partial charge in [0.1, 0.15) is 6.61 Å². The molecule has 7 nitrogen and oxygen atoms in total. The molecule has 0 unspecified atom stereocenters. The number of hydrogen-bond acceptors (Lipinski definition) is 5. The normalized spacial score (nSPS) is 10.7. The third-order valence-electron chi connectivity index (χ3n) is 4.47. The molecule has 0 bridgehead atoms. The first-order chi connectivity index (χ1) is 16.4. The lowest BCUT2D eigenvalue weighted by Crippen LogP contribution is -2.34. The molecule has 0 heterocycles. The molecule has 2 N–H and O–H groups in total. The maximum atomic E-state index is 12.1. The van der Waals surface area contributed by atoms with E-state index < -0.39 is 5.91 Å². The third-order valence-corrected chi connectivity index (χ3v) is 5.22. The Kier molecular flexibility index (Phi) is 9.49. The van der Waals surface area contributed by atoms with E-state index >= 15 is 0 Å². The van der Waals surface area contributed by atoms with Gasteiger partial charge in [0.15, 0.2) is 11.5 Å². The Hall–Kier alpha value is -3.36. The maximum Gasteiger partial charge on any atom is 0.259 e. The lowest BCUT2D eigenvalue weighted by Gasteiger charge is -2.12. The van der Waals surface area contributed by atoms with E-state index in [1.165, 1.54) is 6.21 Å². The molecule has 2 amide bonds. The highest BCUT2D eigenvalue weighted by atomic mass is 79.9. The molecular formula is C25H23BrClN3O4. The van der Waals surface area contributed by atoms with E-state index in [1.807, 2.05) is 37.3 Å². The standard InChI is InChI=1S/C25H23BrClN3O4/c1-2-33-23-12-18(8-11-22(23)34-16-17-6-9-21(27)10-7-17)14-29-30-24(31)15-28-25(32)19-4-3-5-20(26)13-19/h3-14H,2,15-16H2,1H3,(H,28,32)(H,30,31)/b29-14-. The molecule has 0 radical (unpaired) electrons. The van der Waals surface area contributed by atoms with Crippen LogP contribution in [-0.4, -0.2) is 31.2 Å². The fraction of sp³-hybridized carbons (Fsp3) is 0.160. The number of carbonyl (C=O) groups excluding carboxylic acids is 2. The van der Waals surface area contributed by atoms with Crippen molar-refractivity contribution in [2.75, 3.05) is 13.2 Å². The molecule has 0 saturated carbocycles. The minimum atomic E-state index is -0.451. The average Bonchev–Trinajstić information content (AvgIpc) is 2.83. The third kappa shape index (κ3) is 7.90. The van der Waals surface area contributed by atoms with Gasteiger partial charge < -0.3 is 14.8 Å². The Balaban J connectivity index is 1.53. The van der Waals surface area contributed by atoms with Crippen LogP contribution in [-0.2, 0) is 11.4 Å². The van der Waals surface area contributed by atoms with E-state index in [0.29, 0.717) is 40.9 Å². The molecule has 176 valence electrons. The molecule has 0 fully saturated rings. The van der Waals surface area contributed by atoms with E-state index in [4.69, 9.17) is 21.1 Å². The summed E-state index contributed by atoms with van der Waals surface area (Å²) in [6.45, 7) is 2.51. The summed E-state index contributed by atoms with van der Waals surface area (Å²) in [5.41, 5.74) is 4.53. The molecule has 0 aromatic heterocycles. The molecule has 0 atom stereocenters. The van der Waals surface area contributed by atoms with Crippen LogP contribution < -0.4 is 20.2 Å². The van der Waals surface area contributed by atoms with Gasteiger partial charge in [0.2, 0.25) is 0 Å². The van der Waals surface area contributed by atoms with Crippen molar-refractivity contribution in [3.8, 4) is 11.5 Å². The van der Waals surface area contributed by atoms with Gasteiger partial charge in [0, 0.05) is 15.1 Å². The van der Waals surface area contributed by atoms with Gasteiger partial charge in [-0.15, -0.1) is 0 Å². The van der Waals surface area contributed by atoms with E-state index in [0.717, 1.165) is 10.0 Å². The van der Waals surface area contributed by atoms with Crippen LogP contribution in [0.5, 0.6) is 11.5 Å². The molecule has 3 aromatic rings. The Labute approximate surface area is 211 Å². The molecule has 0 spiro atoms. The summed E-state index contributed by atoms with van der Waals surface area (Å²) in [6, 6.07) is 19.6. The van der Waals surface area contributed by atoms with Gasteiger partial charge >= 0.3 is 0 Å². The number of amides is 2. The summed E-state index contributed by atoms with van der Waals surface area (Å²) < 4.78 is 12.3. The van der Waals surface area contributed by atoms with Crippen LogP contribution in [0.15, 0.2) is 76.3 Å². The van der Waals surface area contributed by atoms with Crippen LogP contribution in [0.1, 0.15) is 28.4 Å². The van der Waals surface area contributed by atoms with Crippen LogP contribution in [0.2, 0.25) is 5.02 Å². The van der Waals surface area contributed by atoms with Crippen molar-refractivity contribution in [2.45, 2.75) is 13.5 Å². The second-order valence-corrected chi connectivity index (χ2v) is 8.39. The molecule has 3 rings (SSSR count). The topological polar surface area (TPSA) is 89.0 Å². The van der Waals surface area contributed by atoms with Crippen molar-refractivity contribution >= 4 is 45.6 Å². The van der Waals surface area contributed by atoms with E-state index in [-0.39, 0.29) is 12.5 Å². The van der Waals surface area contributed by atoms with Gasteiger partial charge in [-0.2, -0.15) is 5.10 Å². The molecule has 3 aromatic carbocycles. The number of nitrogens with zero attached hydrogens (tertiary/aromatic N) is 1. The van der Waals surface area contributed by atoms with Crippen molar-refractivity contribution in [3.63, 3.8) is 0 Å². The molecule has 9 heteroatoms. The van der Waals surface area contributed by atoms with Crippen molar-refractivity contribution in [2.24, 2.45) is 5.10 Å². The Bertz CT molecular complexity index is 1170. The van der Waals surface area contributed by atoms with Crippen molar-refractivity contribution in [3.05, 3.63) is 92.9 Å². The number of rotatable bonds is 10. The molecule has 34 heavy (non-hydrogen) atoms. The number of hydrazone groups is 1. The molecular weight excluding hydrogens is 522 g/mol. The molecule has 0 saturated heterocycles. The van der Waals surface area contributed by atoms with Crippen molar-refractivity contribution in [1.82, 2.24) is 10.7 Å². The molecule has 0 aliphatic heterocycles. The predicted octanol–water partition coefficient (Wildman–Crippen LogP) is 4.96. The summed E-state index contributed by atoms with van der Waals surface area (Å²) in [4.78, 5) is 24.1. The summed E-state index contributed by atoms with van der Waals surface area (Å²) in [7, 11) is 0. The van der Waals surface area contributed by atoms with Gasteiger partial charge in [-0.25, -0.2) is 5.43 Å². The zero-order valence-corrected chi connectivity index (χ0v) is 20.7. The fourth-order valence-electron chi connectivity index (χ4n) is 2.84. The fourth-order valence-corrected chi connectivity index (χ4v) is 3.37. The quantitative estimate of drug-likeness (QED) is 0.279. The zero-order chi connectivity index (χ0) is 24.3. The van der Waals surface area contributed by atoms with Gasteiger partial charge in [-0.3, -0.25) is 9.59 Å². The van der Waals surface area contributed by atoms with Gasteiger partial charge in [-0.1, -0.05) is 45.7 Å². The molecule has 0 aliphatic carbocycles. The summed E-state index contributed by atoms with van der Waals surface area (Å²) in [6.07, 6.45) is 1.49. The van der Waals surface area contributed by atoms with Crippen LogP contribution in [0.4, 0.5) is 0 Å². The lowest BCUT2D eigenvalue weighted by atomic mass is 10.2. The van der Waals surface area contributed by atoms with Crippen LogP contribution in [0.25, 0.3) is 0 Å². The highest BCUT2D eigenvalue weighted by Gasteiger charge is 2.09. The van der Waals surface area contributed by atoms with Crippen LogP contribution in [0.3, 0.4) is 0 Å². The van der Waals surface area contributed by atoms with Gasteiger partial charge in [0.05, 0.1) is 19.4 Å². The number of nitrogens with one attached hydrogen (secondary N) is 2. The smallest absolute Gasteiger partial charge is 0.259 e. The van der Waals surface area contributed by atoms with Crippen molar-refractivity contribution in [1.29, 1.82) is 0 Å². The van der Waals surface area contributed by atoms with Crippen molar-refractivity contribution < 1.29 is 19.1 Å². The predicted molar refractivity (Wildman–Crippen MR) is 136 cm³/mol. The SMILES string of the molecule is CCOc1cc(/C=N\NC(=O)CNC(=O)c2cccc(Br)c2)ccc1OCc1ccc(Cl)cc1. The highest BCUT2D eigenvalue weighted by molar-refractivity contribution is 9.10. The zero-order valence-electron chi connectivity index (χ0n) is 18.4. The summed E-state index contributed by atoms with van der Waals surface area (Å²) in [5, 5.41) is 7.16. The minimum Gasteiger partial charge on any atom is -0.490 e. The number of benzene rings is 3. The van der Waals surface area contributed by atoms with Gasteiger partial charge in [-0.05, 0) is 66.6 Å². The first kappa shape index (κ1) is 25.3.